The van der Waals surface area contributed by atoms with Crippen LogP contribution < -0.4 is 11.1 Å². The van der Waals surface area contributed by atoms with Gasteiger partial charge in [0.05, 0.1) is 18.6 Å². The number of nitrogens with zero attached hydrogens (tertiary/aromatic N) is 5. The van der Waals surface area contributed by atoms with E-state index in [-0.39, 0.29) is 17.7 Å². The summed E-state index contributed by atoms with van der Waals surface area (Å²) in [5.74, 6) is 3.35. The molecular weight excluding hydrogens is 542 g/mol. The van der Waals surface area contributed by atoms with Gasteiger partial charge in [0.1, 0.15) is 28.7 Å². The second-order valence-electron chi connectivity index (χ2n) is 12.8. The summed E-state index contributed by atoms with van der Waals surface area (Å²) in [7, 11) is 0. The zero-order chi connectivity index (χ0) is 29.6. The van der Waals surface area contributed by atoms with Crippen LogP contribution in [0.1, 0.15) is 74.0 Å². The van der Waals surface area contributed by atoms with Crippen molar-refractivity contribution >= 4 is 29.0 Å². The van der Waals surface area contributed by atoms with Crippen LogP contribution in [0, 0.1) is 17.3 Å². The zero-order valence-corrected chi connectivity index (χ0v) is 24.7. The molecule has 2 amide bonds. The molecule has 3 N–H and O–H groups in total. The smallest absolute Gasteiger partial charge is 0.256 e. The highest BCUT2D eigenvalue weighted by atomic mass is 16.5. The summed E-state index contributed by atoms with van der Waals surface area (Å²) in [5.41, 5.74) is 8.83. The molecule has 7 rings (SSSR count). The highest BCUT2D eigenvalue weighted by Gasteiger charge is 2.44. The van der Waals surface area contributed by atoms with Gasteiger partial charge in [-0.05, 0) is 63.0 Å². The van der Waals surface area contributed by atoms with E-state index < -0.39 is 5.41 Å². The summed E-state index contributed by atoms with van der Waals surface area (Å²) in [6.45, 7) is 4.29. The van der Waals surface area contributed by atoms with Gasteiger partial charge in [-0.15, -0.1) is 0 Å². The molecule has 10 heteroatoms. The molecule has 5 heterocycles. The fourth-order valence-electron chi connectivity index (χ4n) is 6.91. The Bertz CT molecular complexity index is 1600. The van der Waals surface area contributed by atoms with Crippen LogP contribution in [0.5, 0.6) is 0 Å². The molecule has 2 saturated heterocycles. The number of nitrogens with two attached hydrogens (primary N) is 1. The first kappa shape index (κ1) is 27.8. The van der Waals surface area contributed by atoms with Gasteiger partial charge in [0.25, 0.3) is 5.91 Å². The SMILES string of the molecule is CC1(C(=O)N2CCCC(c3nc(-c4ccc(C(=O)NC5=NC=CC(C6CCC6)CC5)cc4)c4c(N)nccn34)C2)COC1. The number of nitrogens with one attached hydrogen (secondary N) is 1. The molecular formula is C33H39N7O3. The molecule has 1 aliphatic carbocycles. The number of aliphatic imine (C=N–C) groups is 1. The quantitative estimate of drug-likeness (QED) is 0.454. The Morgan fingerprint density at radius 3 is 2.63 bits per heavy atom. The van der Waals surface area contributed by atoms with E-state index >= 15 is 0 Å². The number of hydrogen-bond acceptors (Lipinski definition) is 7. The lowest BCUT2D eigenvalue weighted by molar-refractivity contribution is -0.169. The van der Waals surface area contributed by atoms with Crippen molar-refractivity contribution in [3.8, 4) is 11.3 Å². The molecule has 2 aromatic heterocycles. The molecule has 0 bridgehead atoms. The van der Waals surface area contributed by atoms with Crippen molar-refractivity contribution < 1.29 is 14.3 Å². The van der Waals surface area contributed by atoms with Crippen LogP contribution in [-0.2, 0) is 9.53 Å². The van der Waals surface area contributed by atoms with E-state index in [2.05, 4.69) is 21.4 Å². The van der Waals surface area contributed by atoms with E-state index in [1.807, 2.05) is 52.9 Å². The summed E-state index contributed by atoms with van der Waals surface area (Å²) < 4.78 is 7.36. The van der Waals surface area contributed by atoms with E-state index in [0.717, 1.165) is 66.6 Å². The number of aromatic nitrogens is 3. The number of fused-ring (bicyclic) bond motifs is 1. The molecule has 0 radical (unpaired) electrons. The standard InChI is InChI=1S/C33H39N7O3/c1-33(19-43-20-33)32(42)39-16-3-6-25(18-39)30-38-27(28-29(34)36-15-17-40(28)30)23-7-9-24(10-8-23)31(41)37-26-12-11-22(13-14-35-26)21-4-2-5-21/h7-10,13-15,17,21-22,25H,2-6,11-12,16,18-20H2,1H3,(H2,34,36)(H,35,37,41). The molecule has 43 heavy (non-hydrogen) atoms. The van der Waals surface area contributed by atoms with Gasteiger partial charge in [0, 0.05) is 55.1 Å². The van der Waals surface area contributed by atoms with Crippen LogP contribution >= 0.6 is 0 Å². The van der Waals surface area contributed by atoms with Gasteiger partial charge < -0.3 is 20.7 Å². The number of imidazole rings is 1. The number of nitrogen functional groups attached to an aromatic ring is 1. The summed E-state index contributed by atoms with van der Waals surface area (Å²) in [6.07, 6.45) is 15.2. The van der Waals surface area contributed by atoms with Crippen molar-refractivity contribution in [2.24, 2.45) is 22.2 Å². The van der Waals surface area contributed by atoms with Gasteiger partial charge in [-0.2, -0.15) is 0 Å². The number of likely N-dealkylation sites (tertiary alicyclic amines) is 1. The summed E-state index contributed by atoms with van der Waals surface area (Å²) in [5, 5.41) is 3.02. The monoisotopic (exact) mass is 581 g/mol. The fraction of sp³-hybridized carbons (Fsp3) is 0.485. The Hall–Kier alpha value is -4.05. The third kappa shape index (κ3) is 5.22. The number of anilines is 1. The number of ether oxygens (including phenoxy) is 1. The topological polar surface area (TPSA) is 127 Å². The fourth-order valence-corrected chi connectivity index (χ4v) is 6.91. The average molecular weight is 582 g/mol. The van der Waals surface area contributed by atoms with Crippen LogP contribution in [0.4, 0.5) is 5.82 Å². The zero-order valence-electron chi connectivity index (χ0n) is 24.7. The van der Waals surface area contributed by atoms with Crippen LogP contribution in [0.25, 0.3) is 16.8 Å². The van der Waals surface area contributed by atoms with Crippen LogP contribution in [0.2, 0.25) is 0 Å². The molecule has 224 valence electrons. The van der Waals surface area contributed by atoms with Crippen molar-refractivity contribution in [3.63, 3.8) is 0 Å². The minimum Gasteiger partial charge on any atom is -0.382 e. The third-order valence-corrected chi connectivity index (χ3v) is 9.75. The number of rotatable bonds is 5. The van der Waals surface area contributed by atoms with Gasteiger partial charge in [-0.25, -0.2) is 15.0 Å². The minimum atomic E-state index is -0.429. The number of amides is 2. The molecule has 3 aromatic rings. The number of allylic oxidation sites excluding steroid dienone is 1. The molecule has 2 atom stereocenters. The maximum absolute atomic E-state index is 13.3. The second-order valence-corrected chi connectivity index (χ2v) is 12.8. The molecule has 4 aliphatic rings. The molecule has 1 aromatic carbocycles. The Morgan fingerprint density at radius 1 is 1.09 bits per heavy atom. The molecule has 3 aliphatic heterocycles. The largest absolute Gasteiger partial charge is 0.382 e. The lowest BCUT2D eigenvalue weighted by Gasteiger charge is -2.42. The maximum atomic E-state index is 13.3. The molecule has 1 saturated carbocycles. The van der Waals surface area contributed by atoms with Gasteiger partial charge in [-0.3, -0.25) is 14.0 Å². The van der Waals surface area contributed by atoms with E-state index in [0.29, 0.717) is 37.1 Å². The second kappa shape index (κ2) is 11.2. The van der Waals surface area contributed by atoms with E-state index in [1.54, 1.807) is 6.20 Å². The first-order valence-corrected chi connectivity index (χ1v) is 15.5. The summed E-state index contributed by atoms with van der Waals surface area (Å²) in [4.78, 5) is 42.3. The lowest BCUT2D eigenvalue weighted by atomic mass is 9.74. The number of carbonyl (C=O) groups excluding carboxylic acids is 2. The van der Waals surface area contributed by atoms with Crippen molar-refractivity contribution in [3.05, 3.63) is 60.3 Å². The highest BCUT2D eigenvalue weighted by molar-refractivity contribution is 6.06. The first-order chi connectivity index (χ1) is 20.9. The van der Waals surface area contributed by atoms with Gasteiger partial charge in [0.2, 0.25) is 5.91 Å². The Morgan fingerprint density at radius 2 is 1.91 bits per heavy atom. The third-order valence-electron chi connectivity index (χ3n) is 9.75. The van der Waals surface area contributed by atoms with E-state index in [4.69, 9.17) is 15.5 Å². The molecule has 10 nitrogen and oxygen atoms in total. The molecule has 0 spiro atoms. The normalized spacial score (nSPS) is 23.7. The van der Waals surface area contributed by atoms with Crippen molar-refractivity contribution in [1.82, 2.24) is 24.6 Å². The molecule has 3 fully saturated rings. The van der Waals surface area contributed by atoms with Crippen LogP contribution in [0.15, 0.2) is 53.9 Å². The Labute approximate surface area is 251 Å². The number of carbonyl (C=O) groups is 2. The van der Waals surface area contributed by atoms with Crippen LogP contribution in [-0.4, -0.2) is 63.2 Å². The number of hydrogen-bond donors (Lipinski definition) is 2. The average Bonchev–Trinajstić information content (AvgIpc) is 3.24. The van der Waals surface area contributed by atoms with Gasteiger partial charge in [-0.1, -0.05) is 24.6 Å². The number of piperidine rings is 1. The Balaban J connectivity index is 1.09. The minimum absolute atomic E-state index is 0.0636. The Kier molecular flexibility index (Phi) is 7.25. The van der Waals surface area contributed by atoms with Gasteiger partial charge >= 0.3 is 0 Å². The lowest BCUT2D eigenvalue weighted by Crippen LogP contribution is -2.55. The maximum Gasteiger partial charge on any atom is 0.256 e. The van der Waals surface area contributed by atoms with E-state index in [9.17, 15) is 9.59 Å². The highest BCUT2D eigenvalue weighted by Crippen LogP contribution is 2.38. The number of amidine groups is 1. The summed E-state index contributed by atoms with van der Waals surface area (Å²) >= 11 is 0. The van der Waals surface area contributed by atoms with Gasteiger partial charge in [0.15, 0.2) is 0 Å². The van der Waals surface area contributed by atoms with Crippen molar-refractivity contribution in [1.29, 1.82) is 0 Å². The van der Waals surface area contributed by atoms with E-state index in [1.165, 1.54) is 19.3 Å². The molecule has 2 unspecified atom stereocenters. The predicted molar refractivity (Wildman–Crippen MR) is 164 cm³/mol. The predicted octanol–water partition coefficient (Wildman–Crippen LogP) is 4.57. The number of benzene rings is 1. The van der Waals surface area contributed by atoms with Crippen LogP contribution in [0.3, 0.4) is 0 Å². The first-order valence-electron chi connectivity index (χ1n) is 15.5. The van der Waals surface area contributed by atoms with Crippen molar-refractivity contribution in [2.75, 3.05) is 32.0 Å². The van der Waals surface area contributed by atoms with Crippen molar-refractivity contribution in [2.45, 2.75) is 57.8 Å². The summed E-state index contributed by atoms with van der Waals surface area (Å²) in [6, 6.07) is 7.44.